The standard InChI is InChI=1S/C14H21BrClNO/c1-11(2)18-8-4-3-7-17-10-12-5-6-13(15)14(16)9-12/h5-6,9,11,17H,3-4,7-8,10H2,1-2H3. The molecule has 0 bridgehead atoms. The van der Waals surface area contributed by atoms with Gasteiger partial charge in [-0.05, 0) is 66.9 Å². The van der Waals surface area contributed by atoms with Crippen molar-refractivity contribution in [2.24, 2.45) is 0 Å². The fraction of sp³-hybridized carbons (Fsp3) is 0.571. The van der Waals surface area contributed by atoms with Crippen molar-refractivity contribution >= 4 is 27.5 Å². The summed E-state index contributed by atoms with van der Waals surface area (Å²) in [5.74, 6) is 0. The maximum Gasteiger partial charge on any atom is 0.0551 e. The van der Waals surface area contributed by atoms with E-state index in [1.165, 1.54) is 5.56 Å². The lowest BCUT2D eigenvalue weighted by Crippen LogP contribution is -2.15. The van der Waals surface area contributed by atoms with Gasteiger partial charge in [0.05, 0.1) is 11.1 Å². The highest BCUT2D eigenvalue weighted by Gasteiger charge is 1.99. The van der Waals surface area contributed by atoms with E-state index in [1.54, 1.807) is 0 Å². The molecule has 0 amide bonds. The van der Waals surface area contributed by atoms with E-state index in [9.17, 15) is 0 Å². The van der Waals surface area contributed by atoms with Gasteiger partial charge in [-0.25, -0.2) is 0 Å². The molecule has 0 saturated heterocycles. The molecule has 102 valence electrons. The summed E-state index contributed by atoms with van der Waals surface area (Å²) in [6.45, 7) is 6.85. The number of hydrogen-bond acceptors (Lipinski definition) is 2. The van der Waals surface area contributed by atoms with Gasteiger partial charge in [0.15, 0.2) is 0 Å². The summed E-state index contributed by atoms with van der Waals surface area (Å²) in [6, 6.07) is 6.04. The summed E-state index contributed by atoms with van der Waals surface area (Å²) in [4.78, 5) is 0. The van der Waals surface area contributed by atoms with Gasteiger partial charge in [-0.1, -0.05) is 17.7 Å². The molecule has 1 aromatic rings. The van der Waals surface area contributed by atoms with Crippen molar-refractivity contribution in [1.29, 1.82) is 0 Å². The van der Waals surface area contributed by atoms with Crippen LogP contribution in [0.5, 0.6) is 0 Å². The first-order valence-corrected chi connectivity index (χ1v) is 7.53. The molecule has 0 unspecified atom stereocenters. The van der Waals surface area contributed by atoms with Crippen LogP contribution in [0.4, 0.5) is 0 Å². The lowest BCUT2D eigenvalue weighted by molar-refractivity contribution is 0.0760. The summed E-state index contributed by atoms with van der Waals surface area (Å²) in [5, 5.41) is 4.17. The average molecular weight is 335 g/mol. The number of rotatable bonds is 8. The summed E-state index contributed by atoms with van der Waals surface area (Å²) in [7, 11) is 0. The minimum Gasteiger partial charge on any atom is -0.379 e. The van der Waals surface area contributed by atoms with Crippen LogP contribution >= 0.6 is 27.5 Å². The zero-order chi connectivity index (χ0) is 13.4. The van der Waals surface area contributed by atoms with E-state index in [-0.39, 0.29) is 0 Å². The van der Waals surface area contributed by atoms with Crippen LogP contribution in [0, 0.1) is 0 Å². The number of nitrogens with one attached hydrogen (secondary N) is 1. The zero-order valence-electron chi connectivity index (χ0n) is 11.0. The fourth-order valence-electron chi connectivity index (χ4n) is 1.55. The topological polar surface area (TPSA) is 21.3 Å². The van der Waals surface area contributed by atoms with Crippen molar-refractivity contribution in [3.05, 3.63) is 33.3 Å². The van der Waals surface area contributed by atoms with Crippen LogP contribution in [0.25, 0.3) is 0 Å². The molecule has 0 aliphatic carbocycles. The Morgan fingerprint density at radius 2 is 2.11 bits per heavy atom. The fourth-order valence-corrected chi connectivity index (χ4v) is 2.00. The van der Waals surface area contributed by atoms with E-state index in [1.807, 2.05) is 12.1 Å². The minimum atomic E-state index is 0.336. The first kappa shape index (κ1) is 16.0. The number of halogens is 2. The Morgan fingerprint density at radius 3 is 2.78 bits per heavy atom. The normalized spacial score (nSPS) is 11.2. The molecule has 1 N–H and O–H groups in total. The first-order chi connectivity index (χ1) is 8.59. The largest absolute Gasteiger partial charge is 0.379 e. The van der Waals surface area contributed by atoms with Crippen molar-refractivity contribution in [2.75, 3.05) is 13.2 Å². The minimum absolute atomic E-state index is 0.336. The van der Waals surface area contributed by atoms with Crippen LogP contribution in [-0.4, -0.2) is 19.3 Å². The van der Waals surface area contributed by atoms with E-state index >= 15 is 0 Å². The predicted molar refractivity (Wildman–Crippen MR) is 81.2 cm³/mol. The van der Waals surface area contributed by atoms with Gasteiger partial charge in [0, 0.05) is 17.6 Å². The molecule has 0 aliphatic rings. The van der Waals surface area contributed by atoms with E-state index < -0.39 is 0 Å². The van der Waals surface area contributed by atoms with Crippen LogP contribution in [-0.2, 0) is 11.3 Å². The zero-order valence-corrected chi connectivity index (χ0v) is 13.4. The number of hydrogen-bond donors (Lipinski definition) is 1. The monoisotopic (exact) mass is 333 g/mol. The van der Waals surface area contributed by atoms with Crippen LogP contribution in [0.2, 0.25) is 5.02 Å². The summed E-state index contributed by atoms with van der Waals surface area (Å²) in [6.07, 6.45) is 2.58. The number of benzene rings is 1. The SMILES string of the molecule is CC(C)OCCCCNCc1ccc(Br)c(Cl)c1. The van der Waals surface area contributed by atoms with Gasteiger partial charge >= 0.3 is 0 Å². The molecule has 0 fully saturated rings. The molecule has 0 radical (unpaired) electrons. The third kappa shape index (κ3) is 6.74. The first-order valence-electron chi connectivity index (χ1n) is 6.36. The van der Waals surface area contributed by atoms with Crippen molar-refractivity contribution in [1.82, 2.24) is 5.32 Å². The molecule has 0 atom stereocenters. The van der Waals surface area contributed by atoms with Gasteiger partial charge in [-0.2, -0.15) is 0 Å². The third-order valence-corrected chi connectivity index (χ3v) is 3.74. The van der Waals surface area contributed by atoms with E-state index in [2.05, 4.69) is 41.2 Å². The molecule has 0 aliphatic heterocycles. The highest BCUT2D eigenvalue weighted by Crippen LogP contribution is 2.22. The second kappa shape index (κ2) is 8.92. The molecule has 0 spiro atoms. The quantitative estimate of drug-likeness (QED) is 0.712. The molecule has 4 heteroatoms. The number of ether oxygens (including phenoxy) is 1. The van der Waals surface area contributed by atoms with Crippen LogP contribution in [0.15, 0.2) is 22.7 Å². The van der Waals surface area contributed by atoms with Crippen LogP contribution in [0.3, 0.4) is 0 Å². The third-order valence-electron chi connectivity index (χ3n) is 2.51. The average Bonchev–Trinajstić information content (AvgIpc) is 2.32. The van der Waals surface area contributed by atoms with Gasteiger partial charge in [0.1, 0.15) is 0 Å². The molecule has 0 saturated carbocycles. The molecular formula is C14H21BrClNO. The Bertz CT molecular complexity index is 358. The molecule has 0 heterocycles. The second-order valence-corrected chi connectivity index (χ2v) is 5.81. The number of unbranched alkanes of at least 4 members (excludes halogenated alkanes) is 1. The van der Waals surface area contributed by atoms with Crippen LogP contribution < -0.4 is 5.32 Å². The Kier molecular flexibility index (Phi) is 7.91. The molecule has 1 aromatic carbocycles. The maximum atomic E-state index is 6.03. The lowest BCUT2D eigenvalue weighted by Gasteiger charge is -2.08. The van der Waals surface area contributed by atoms with E-state index in [0.717, 1.165) is 42.0 Å². The summed E-state index contributed by atoms with van der Waals surface area (Å²) < 4.78 is 6.43. The van der Waals surface area contributed by atoms with Crippen LogP contribution in [0.1, 0.15) is 32.3 Å². The van der Waals surface area contributed by atoms with E-state index in [0.29, 0.717) is 6.10 Å². The Balaban J connectivity index is 2.09. The van der Waals surface area contributed by atoms with E-state index in [4.69, 9.17) is 16.3 Å². The molecule has 0 aromatic heterocycles. The van der Waals surface area contributed by atoms with Crippen molar-refractivity contribution < 1.29 is 4.74 Å². The van der Waals surface area contributed by atoms with Crippen molar-refractivity contribution in [2.45, 2.75) is 39.3 Å². The Hall–Kier alpha value is -0.0900. The molecule has 1 rings (SSSR count). The van der Waals surface area contributed by atoms with Gasteiger partial charge in [0.2, 0.25) is 0 Å². The highest BCUT2D eigenvalue weighted by molar-refractivity contribution is 9.10. The van der Waals surface area contributed by atoms with Crippen molar-refractivity contribution in [3.63, 3.8) is 0 Å². The van der Waals surface area contributed by atoms with Gasteiger partial charge in [0.25, 0.3) is 0 Å². The smallest absolute Gasteiger partial charge is 0.0551 e. The lowest BCUT2D eigenvalue weighted by atomic mass is 10.2. The predicted octanol–water partition coefficient (Wildman–Crippen LogP) is 4.40. The Labute approximate surface area is 123 Å². The van der Waals surface area contributed by atoms with Gasteiger partial charge in [-0.15, -0.1) is 0 Å². The molecular weight excluding hydrogens is 314 g/mol. The summed E-state index contributed by atoms with van der Waals surface area (Å²) in [5.41, 5.74) is 1.21. The maximum absolute atomic E-state index is 6.03. The molecule has 2 nitrogen and oxygen atoms in total. The highest BCUT2D eigenvalue weighted by atomic mass is 79.9. The second-order valence-electron chi connectivity index (χ2n) is 4.55. The van der Waals surface area contributed by atoms with Gasteiger partial charge < -0.3 is 10.1 Å². The summed E-state index contributed by atoms with van der Waals surface area (Å²) >= 11 is 9.42. The molecule has 18 heavy (non-hydrogen) atoms. The Morgan fingerprint density at radius 1 is 1.33 bits per heavy atom. The van der Waals surface area contributed by atoms with Gasteiger partial charge in [-0.3, -0.25) is 0 Å². The van der Waals surface area contributed by atoms with Crippen molar-refractivity contribution in [3.8, 4) is 0 Å².